The van der Waals surface area contributed by atoms with E-state index >= 15 is 0 Å². The molecule has 7 heteroatoms. The summed E-state index contributed by atoms with van der Waals surface area (Å²) in [7, 11) is 0. The lowest BCUT2D eigenvalue weighted by Crippen LogP contribution is -2.34. The second-order valence-electron chi connectivity index (χ2n) is 7.67. The lowest BCUT2D eigenvalue weighted by Gasteiger charge is -2.17. The Kier molecular flexibility index (Phi) is 5.81. The normalized spacial score (nSPS) is 14.3. The van der Waals surface area contributed by atoms with Gasteiger partial charge in [-0.15, -0.1) is 0 Å². The fraction of sp³-hybridized carbons (Fsp3) is 0.348. The van der Waals surface area contributed by atoms with Crippen LogP contribution in [0.25, 0.3) is 10.9 Å². The number of aromatic amines is 1. The highest BCUT2D eigenvalue weighted by Gasteiger charge is 2.15. The number of amides is 1. The summed E-state index contributed by atoms with van der Waals surface area (Å²) in [6.45, 7) is 5.60. The number of H-pyrrole nitrogens is 1. The molecule has 2 N–H and O–H groups in total. The number of carbonyl (C=O) groups excluding carboxylic acids is 1. The molecule has 156 valence electrons. The van der Waals surface area contributed by atoms with Crippen molar-refractivity contribution in [2.45, 2.75) is 39.4 Å². The van der Waals surface area contributed by atoms with Gasteiger partial charge in [0.1, 0.15) is 0 Å². The molecule has 0 aliphatic carbocycles. The van der Waals surface area contributed by atoms with Gasteiger partial charge in [0, 0.05) is 25.2 Å². The van der Waals surface area contributed by atoms with Crippen molar-refractivity contribution < 1.29 is 4.79 Å². The van der Waals surface area contributed by atoms with Crippen LogP contribution in [-0.4, -0.2) is 33.4 Å². The van der Waals surface area contributed by atoms with E-state index in [0.717, 1.165) is 29.8 Å². The molecule has 7 nitrogen and oxygen atoms in total. The molecule has 1 aliphatic rings. The number of aromatic nitrogens is 2. The maximum atomic E-state index is 12.7. The summed E-state index contributed by atoms with van der Waals surface area (Å²) in [4.78, 5) is 42.3. The van der Waals surface area contributed by atoms with Crippen molar-refractivity contribution in [2.24, 2.45) is 0 Å². The van der Waals surface area contributed by atoms with Crippen LogP contribution >= 0.6 is 0 Å². The third-order valence-electron chi connectivity index (χ3n) is 5.71. The van der Waals surface area contributed by atoms with Crippen molar-refractivity contribution in [1.29, 1.82) is 0 Å². The first-order valence-corrected chi connectivity index (χ1v) is 10.4. The lowest BCUT2D eigenvalue weighted by molar-refractivity contribution is 0.0951. The molecule has 1 saturated heterocycles. The zero-order chi connectivity index (χ0) is 21.1. The van der Waals surface area contributed by atoms with Crippen LogP contribution in [0, 0.1) is 0 Å². The first kappa shape index (κ1) is 20.1. The second-order valence-corrected chi connectivity index (χ2v) is 7.67. The smallest absolute Gasteiger partial charge is 0.328 e. The molecule has 0 saturated carbocycles. The molecule has 0 unspecified atom stereocenters. The van der Waals surface area contributed by atoms with Gasteiger partial charge in [-0.3, -0.25) is 19.1 Å². The summed E-state index contributed by atoms with van der Waals surface area (Å²) >= 11 is 0. The van der Waals surface area contributed by atoms with Gasteiger partial charge in [-0.25, -0.2) is 4.79 Å². The van der Waals surface area contributed by atoms with Crippen molar-refractivity contribution in [3.8, 4) is 0 Å². The summed E-state index contributed by atoms with van der Waals surface area (Å²) in [5.41, 5.74) is 2.28. The molecule has 0 spiro atoms. The van der Waals surface area contributed by atoms with Gasteiger partial charge in [-0.2, -0.15) is 0 Å². The van der Waals surface area contributed by atoms with E-state index in [0.29, 0.717) is 29.6 Å². The molecule has 0 bridgehead atoms. The summed E-state index contributed by atoms with van der Waals surface area (Å²) in [6.07, 6.45) is 2.48. The number of nitrogens with zero attached hydrogens (tertiary/aromatic N) is 2. The van der Waals surface area contributed by atoms with Crippen LogP contribution < -0.4 is 16.6 Å². The highest BCUT2D eigenvalue weighted by Crippen LogP contribution is 2.16. The minimum atomic E-state index is -0.469. The van der Waals surface area contributed by atoms with Crippen LogP contribution in [0.5, 0.6) is 0 Å². The number of rotatable bonds is 6. The topological polar surface area (TPSA) is 87.2 Å². The van der Waals surface area contributed by atoms with Gasteiger partial charge in [0.15, 0.2) is 0 Å². The molecule has 0 atom stereocenters. The standard InChI is InChI=1S/C23H26N4O3/c1-2-27-22(29)19-10-9-16(13-20(19)25-23(27)30)21(28)24-14-17-7-3-4-8-18(17)15-26-11-5-6-12-26/h3-4,7-10,13H,2,5-6,11-12,14-15H2,1H3,(H,24,28)(H,25,30). The molecule has 2 aromatic carbocycles. The maximum absolute atomic E-state index is 12.7. The van der Waals surface area contributed by atoms with E-state index in [4.69, 9.17) is 0 Å². The van der Waals surface area contributed by atoms with Gasteiger partial charge in [0.05, 0.1) is 10.9 Å². The van der Waals surface area contributed by atoms with Crippen molar-refractivity contribution in [3.63, 3.8) is 0 Å². The summed E-state index contributed by atoms with van der Waals surface area (Å²) in [5, 5.41) is 3.36. The Hall–Kier alpha value is -3.19. The number of nitrogens with one attached hydrogen (secondary N) is 2. The van der Waals surface area contributed by atoms with Crippen LogP contribution in [-0.2, 0) is 19.6 Å². The second kappa shape index (κ2) is 8.67. The largest absolute Gasteiger partial charge is 0.348 e. The third-order valence-corrected chi connectivity index (χ3v) is 5.71. The highest BCUT2D eigenvalue weighted by molar-refractivity contribution is 5.97. The molecule has 30 heavy (non-hydrogen) atoms. The van der Waals surface area contributed by atoms with Crippen LogP contribution in [0.1, 0.15) is 41.3 Å². The zero-order valence-corrected chi connectivity index (χ0v) is 17.1. The fourth-order valence-corrected chi connectivity index (χ4v) is 4.03. The molecule has 3 aromatic rings. The quantitative estimate of drug-likeness (QED) is 0.657. The van der Waals surface area contributed by atoms with Gasteiger partial charge in [0.25, 0.3) is 11.5 Å². The van der Waals surface area contributed by atoms with Crippen molar-refractivity contribution >= 4 is 16.8 Å². The van der Waals surface area contributed by atoms with E-state index in [2.05, 4.69) is 21.3 Å². The average molecular weight is 406 g/mol. The fourth-order valence-electron chi connectivity index (χ4n) is 4.03. The van der Waals surface area contributed by atoms with E-state index < -0.39 is 5.69 Å². The van der Waals surface area contributed by atoms with Crippen LogP contribution in [0.3, 0.4) is 0 Å². The van der Waals surface area contributed by atoms with Gasteiger partial charge < -0.3 is 10.3 Å². The zero-order valence-electron chi connectivity index (χ0n) is 17.1. The molecule has 2 heterocycles. The molecule has 0 radical (unpaired) electrons. The molecule has 1 fully saturated rings. The Morgan fingerprint density at radius 3 is 2.53 bits per heavy atom. The molecule has 1 aromatic heterocycles. The number of benzene rings is 2. The van der Waals surface area contributed by atoms with Gasteiger partial charge in [-0.05, 0) is 62.2 Å². The maximum Gasteiger partial charge on any atom is 0.328 e. The Morgan fingerprint density at radius 1 is 1.07 bits per heavy atom. The number of carbonyl (C=O) groups is 1. The van der Waals surface area contributed by atoms with Gasteiger partial charge >= 0.3 is 5.69 Å². The number of hydrogen-bond acceptors (Lipinski definition) is 4. The first-order valence-electron chi connectivity index (χ1n) is 10.4. The SMILES string of the molecule is CCn1c(=O)[nH]c2cc(C(=O)NCc3ccccc3CN3CCCC3)ccc2c1=O. The Labute approximate surface area is 174 Å². The lowest BCUT2D eigenvalue weighted by atomic mass is 10.1. The Bertz CT molecular complexity index is 1190. The Balaban J connectivity index is 1.51. The number of likely N-dealkylation sites (tertiary alicyclic amines) is 1. The molecular weight excluding hydrogens is 380 g/mol. The molecule has 1 aliphatic heterocycles. The van der Waals surface area contributed by atoms with Gasteiger partial charge in [-0.1, -0.05) is 24.3 Å². The van der Waals surface area contributed by atoms with Crippen LogP contribution in [0.15, 0.2) is 52.1 Å². The van der Waals surface area contributed by atoms with Crippen molar-refractivity contribution in [1.82, 2.24) is 19.8 Å². The van der Waals surface area contributed by atoms with Crippen LogP contribution in [0.2, 0.25) is 0 Å². The molecule has 1 amide bonds. The summed E-state index contributed by atoms with van der Waals surface area (Å²) in [6, 6.07) is 12.9. The van der Waals surface area contributed by atoms with E-state index in [1.54, 1.807) is 25.1 Å². The van der Waals surface area contributed by atoms with Gasteiger partial charge in [0.2, 0.25) is 0 Å². The van der Waals surface area contributed by atoms with E-state index in [-0.39, 0.29) is 11.5 Å². The van der Waals surface area contributed by atoms with E-state index in [1.807, 2.05) is 18.2 Å². The number of hydrogen-bond donors (Lipinski definition) is 2. The summed E-state index contributed by atoms with van der Waals surface area (Å²) < 4.78 is 1.14. The minimum Gasteiger partial charge on any atom is -0.348 e. The Morgan fingerprint density at radius 2 is 1.80 bits per heavy atom. The number of fused-ring (bicyclic) bond motifs is 1. The van der Waals surface area contributed by atoms with Crippen molar-refractivity contribution in [3.05, 3.63) is 80.0 Å². The average Bonchev–Trinajstić information content (AvgIpc) is 3.26. The molecule has 4 rings (SSSR count). The first-order chi connectivity index (χ1) is 14.6. The summed E-state index contributed by atoms with van der Waals surface area (Å²) in [5.74, 6) is -0.242. The van der Waals surface area contributed by atoms with Crippen LogP contribution in [0.4, 0.5) is 0 Å². The monoisotopic (exact) mass is 406 g/mol. The van der Waals surface area contributed by atoms with E-state index in [9.17, 15) is 14.4 Å². The highest BCUT2D eigenvalue weighted by atomic mass is 16.2. The third kappa shape index (κ3) is 4.07. The van der Waals surface area contributed by atoms with Crippen molar-refractivity contribution in [2.75, 3.05) is 13.1 Å². The predicted octanol–water partition coefficient (Wildman–Crippen LogP) is 2.24. The molecular formula is C23H26N4O3. The minimum absolute atomic E-state index is 0.242. The predicted molar refractivity (Wildman–Crippen MR) is 117 cm³/mol. The van der Waals surface area contributed by atoms with E-state index in [1.165, 1.54) is 18.4 Å².